The van der Waals surface area contributed by atoms with Crippen LogP contribution in [0.15, 0.2) is 24.5 Å². The Morgan fingerprint density at radius 2 is 1.63 bits per heavy atom. The lowest BCUT2D eigenvalue weighted by atomic mass is 10.2. The Bertz CT molecular complexity index is 340. The van der Waals surface area contributed by atoms with E-state index in [2.05, 4.69) is 59.8 Å². The van der Waals surface area contributed by atoms with E-state index >= 15 is 0 Å². The van der Waals surface area contributed by atoms with E-state index in [0.29, 0.717) is 6.04 Å². The first-order valence-corrected chi connectivity index (χ1v) is 7.65. The molecule has 3 heteroatoms. The Kier molecular flexibility index (Phi) is 6.85. The van der Waals surface area contributed by atoms with Crippen LogP contribution in [0.1, 0.15) is 40.2 Å². The maximum absolute atomic E-state index is 2.47. The van der Waals surface area contributed by atoms with Crippen LogP contribution >= 0.6 is 0 Å². The second kappa shape index (κ2) is 8.16. The van der Waals surface area contributed by atoms with Crippen molar-refractivity contribution in [2.75, 3.05) is 38.1 Å². The van der Waals surface area contributed by atoms with Gasteiger partial charge in [0.25, 0.3) is 0 Å². The molecular weight excluding hydrogens is 234 g/mol. The van der Waals surface area contributed by atoms with Crippen molar-refractivity contribution in [1.29, 1.82) is 0 Å². The van der Waals surface area contributed by atoms with E-state index in [0.717, 1.165) is 13.1 Å². The molecule has 1 aromatic heterocycles. The molecule has 0 aromatic carbocycles. The van der Waals surface area contributed by atoms with Crippen molar-refractivity contribution < 1.29 is 4.57 Å². The van der Waals surface area contributed by atoms with E-state index in [9.17, 15) is 0 Å². The lowest BCUT2D eigenvalue weighted by molar-refractivity contribution is -0.719. The van der Waals surface area contributed by atoms with Crippen molar-refractivity contribution in [2.24, 2.45) is 0 Å². The van der Waals surface area contributed by atoms with E-state index in [4.69, 9.17) is 0 Å². The molecule has 0 bridgehead atoms. The molecule has 1 aliphatic heterocycles. The van der Waals surface area contributed by atoms with E-state index < -0.39 is 0 Å². The van der Waals surface area contributed by atoms with Crippen LogP contribution in [0.5, 0.6) is 0 Å². The van der Waals surface area contributed by atoms with Crippen molar-refractivity contribution in [1.82, 2.24) is 4.90 Å². The number of hydrogen-bond donors (Lipinski definition) is 0. The predicted molar refractivity (Wildman–Crippen MR) is 82.7 cm³/mol. The van der Waals surface area contributed by atoms with Crippen LogP contribution in [0.25, 0.3) is 0 Å². The standard InChI is InChI=1S/C14H24N3.C2H6/c1-4-13(2)16-7-5-14(6-8-16)17-11-9-15(3)10-12-17;1-2/h5-8,13H,4,9-12H2,1-3H3;1-2H3/q+1;. The monoisotopic (exact) mass is 264 g/mol. The summed E-state index contributed by atoms with van der Waals surface area (Å²) in [6.45, 7) is 13.1. The average Bonchev–Trinajstić information content (AvgIpc) is 2.49. The molecule has 1 saturated heterocycles. The maximum atomic E-state index is 2.47. The zero-order chi connectivity index (χ0) is 14.3. The van der Waals surface area contributed by atoms with Gasteiger partial charge in [0.15, 0.2) is 18.4 Å². The highest BCUT2D eigenvalue weighted by atomic mass is 15.2. The molecule has 2 rings (SSSR count). The van der Waals surface area contributed by atoms with Gasteiger partial charge in [-0.3, -0.25) is 0 Å². The molecule has 1 aromatic rings. The smallest absolute Gasteiger partial charge is 0.171 e. The van der Waals surface area contributed by atoms with E-state index in [1.54, 1.807) is 0 Å². The Balaban J connectivity index is 0.000000861. The van der Waals surface area contributed by atoms with Crippen LogP contribution in [0, 0.1) is 0 Å². The number of anilines is 1. The van der Waals surface area contributed by atoms with Gasteiger partial charge in [0.2, 0.25) is 0 Å². The van der Waals surface area contributed by atoms with Gasteiger partial charge in [-0.15, -0.1) is 0 Å². The molecule has 0 radical (unpaired) electrons. The van der Waals surface area contributed by atoms with Gasteiger partial charge in [-0.2, -0.15) is 0 Å². The summed E-state index contributed by atoms with van der Waals surface area (Å²) in [5, 5.41) is 0. The predicted octanol–water partition coefficient (Wildman–Crippen LogP) is 2.72. The summed E-state index contributed by atoms with van der Waals surface area (Å²) in [6, 6.07) is 5.09. The summed E-state index contributed by atoms with van der Waals surface area (Å²) in [5.41, 5.74) is 1.36. The number of aromatic nitrogens is 1. The first-order chi connectivity index (χ1) is 9.20. The summed E-state index contributed by atoms with van der Waals surface area (Å²) in [7, 11) is 2.19. The minimum atomic E-state index is 0.594. The fourth-order valence-corrected chi connectivity index (χ4v) is 2.21. The first-order valence-electron chi connectivity index (χ1n) is 7.65. The highest BCUT2D eigenvalue weighted by Crippen LogP contribution is 2.14. The van der Waals surface area contributed by atoms with Crippen LogP contribution < -0.4 is 9.47 Å². The normalized spacial score (nSPS) is 17.6. The lowest BCUT2D eigenvalue weighted by Gasteiger charge is -2.33. The third kappa shape index (κ3) is 4.50. The highest BCUT2D eigenvalue weighted by molar-refractivity contribution is 5.44. The molecule has 19 heavy (non-hydrogen) atoms. The molecule has 0 saturated carbocycles. The van der Waals surface area contributed by atoms with Crippen molar-refractivity contribution in [3.8, 4) is 0 Å². The minimum absolute atomic E-state index is 0.594. The van der Waals surface area contributed by atoms with Crippen molar-refractivity contribution in [3.05, 3.63) is 24.5 Å². The maximum Gasteiger partial charge on any atom is 0.171 e. The van der Waals surface area contributed by atoms with Crippen molar-refractivity contribution in [3.63, 3.8) is 0 Å². The van der Waals surface area contributed by atoms with Gasteiger partial charge in [-0.05, 0) is 14.0 Å². The average molecular weight is 264 g/mol. The lowest BCUT2D eigenvalue weighted by Crippen LogP contribution is -2.45. The van der Waals surface area contributed by atoms with Gasteiger partial charge in [0.1, 0.15) is 0 Å². The number of pyridine rings is 1. The summed E-state index contributed by atoms with van der Waals surface area (Å²) < 4.78 is 2.29. The number of likely N-dealkylation sites (N-methyl/N-ethyl adjacent to an activating group) is 1. The van der Waals surface area contributed by atoms with Gasteiger partial charge < -0.3 is 9.80 Å². The molecule has 0 amide bonds. The summed E-state index contributed by atoms with van der Waals surface area (Å²) in [6.07, 6.45) is 5.60. The molecule has 3 nitrogen and oxygen atoms in total. The van der Waals surface area contributed by atoms with Crippen LogP contribution in [0.4, 0.5) is 5.69 Å². The van der Waals surface area contributed by atoms with Gasteiger partial charge in [0.05, 0.1) is 0 Å². The quantitative estimate of drug-likeness (QED) is 0.777. The fraction of sp³-hybridized carbons (Fsp3) is 0.688. The Morgan fingerprint density at radius 3 is 2.11 bits per heavy atom. The molecule has 1 atom stereocenters. The molecule has 0 aliphatic carbocycles. The van der Waals surface area contributed by atoms with E-state index in [1.807, 2.05) is 13.8 Å². The number of rotatable bonds is 3. The Labute approximate surface area is 118 Å². The minimum Gasteiger partial charge on any atom is -0.369 e. The van der Waals surface area contributed by atoms with E-state index in [-0.39, 0.29) is 0 Å². The van der Waals surface area contributed by atoms with Crippen LogP contribution in [-0.2, 0) is 0 Å². The third-order valence-corrected chi connectivity index (χ3v) is 3.80. The number of piperazine rings is 1. The topological polar surface area (TPSA) is 10.4 Å². The molecule has 2 heterocycles. The van der Waals surface area contributed by atoms with Crippen molar-refractivity contribution >= 4 is 5.69 Å². The molecule has 1 aliphatic rings. The molecule has 1 fully saturated rings. The Morgan fingerprint density at radius 1 is 1.11 bits per heavy atom. The largest absolute Gasteiger partial charge is 0.369 e. The first kappa shape index (κ1) is 16.0. The van der Waals surface area contributed by atoms with Gasteiger partial charge in [-0.1, -0.05) is 20.8 Å². The van der Waals surface area contributed by atoms with Gasteiger partial charge in [-0.25, -0.2) is 4.57 Å². The van der Waals surface area contributed by atoms with Crippen LogP contribution in [0.2, 0.25) is 0 Å². The zero-order valence-electron chi connectivity index (χ0n) is 13.3. The second-order valence-electron chi connectivity index (χ2n) is 5.05. The molecule has 108 valence electrons. The SMILES string of the molecule is CC.CCC(C)[n+]1ccc(N2CCN(C)CC2)cc1. The summed E-state index contributed by atoms with van der Waals surface area (Å²) in [4.78, 5) is 4.86. The molecular formula is C16H30N3+. The number of nitrogens with zero attached hydrogens (tertiary/aromatic N) is 3. The zero-order valence-corrected chi connectivity index (χ0v) is 13.3. The molecule has 0 N–H and O–H groups in total. The van der Waals surface area contributed by atoms with Gasteiger partial charge >= 0.3 is 0 Å². The van der Waals surface area contributed by atoms with Crippen molar-refractivity contribution in [2.45, 2.75) is 40.2 Å². The second-order valence-corrected chi connectivity index (χ2v) is 5.05. The van der Waals surface area contributed by atoms with Gasteiger partial charge in [0, 0.05) is 50.4 Å². The van der Waals surface area contributed by atoms with Crippen LogP contribution in [-0.4, -0.2) is 38.1 Å². The molecule has 0 spiro atoms. The number of hydrogen-bond acceptors (Lipinski definition) is 2. The van der Waals surface area contributed by atoms with E-state index in [1.165, 1.54) is 25.2 Å². The highest BCUT2D eigenvalue weighted by Gasteiger charge is 2.16. The Hall–Kier alpha value is -1.09. The van der Waals surface area contributed by atoms with Crippen LogP contribution in [0.3, 0.4) is 0 Å². The fourth-order valence-electron chi connectivity index (χ4n) is 2.21. The summed E-state index contributed by atoms with van der Waals surface area (Å²) in [5.74, 6) is 0. The summed E-state index contributed by atoms with van der Waals surface area (Å²) >= 11 is 0. The third-order valence-electron chi connectivity index (χ3n) is 3.80. The molecule has 1 unspecified atom stereocenters.